The van der Waals surface area contributed by atoms with Gasteiger partial charge in [-0.2, -0.15) is 4.98 Å². The number of aryl methyl sites for hydroxylation is 1. The molecule has 1 aliphatic heterocycles. The zero-order valence-corrected chi connectivity index (χ0v) is 17.0. The van der Waals surface area contributed by atoms with Crippen LogP contribution in [0.1, 0.15) is 28.4 Å². The van der Waals surface area contributed by atoms with Crippen molar-refractivity contribution in [3.63, 3.8) is 0 Å². The van der Waals surface area contributed by atoms with Crippen LogP contribution in [0.25, 0.3) is 10.7 Å². The van der Waals surface area contributed by atoms with E-state index in [1.165, 1.54) is 41.7 Å². The van der Waals surface area contributed by atoms with Gasteiger partial charge in [0.15, 0.2) is 0 Å². The molecule has 0 atom stereocenters. The highest BCUT2D eigenvalue weighted by molar-refractivity contribution is 7.93. The van der Waals surface area contributed by atoms with Crippen molar-refractivity contribution >= 4 is 33.0 Å². The second-order valence-corrected chi connectivity index (χ2v) is 9.47. The van der Waals surface area contributed by atoms with Crippen molar-refractivity contribution in [1.82, 2.24) is 15.0 Å². The van der Waals surface area contributed by atoms with Crippen molar-refractivity contribution < 1.29 is 22.1 Å². The molecule has 8 nitrogen and oxygen atoms in total. The van der Waals surface area contributed by atoms with E-state index in [0.29, 0.717) is 22.8 Å². The van der Waals surface area contributed by atoms with Crippen molar-refractivity contribution in [2.75, 3.05) is 17.8 Å². The van der Waals surface area contributed by atoms with Crippen LogP contribution in [0.15, 0.2) is 39.8 Å². The number of rotatable bonds is 5. The Morgan fingerprint density at radius 2 is 1.93 bits per heavy atom. The van der Waals surface area contributed by atoms with E-state index in [9.17, 15) is 17.6 Å². The van der Waals surface area contributed by atoms with E-state index < -0.39 is 15.8 Å². The molecule has 0 aliphatic carbocycles. The van der Waals surface area contributed by atoms with Crippen LogP contribution < -0.4 is 4.72 Å². The fourth-order valence-electron chi connectivity index (χ4n) is 3.04. The largest absolute Gasteiger partial charge is 0.334 e. The topological polar surface area (TPSA) is 105 Å². The molecule has 1 fully saturated rings. The Balaban J connectivity index is 1.57. The van der Waals surface area contributed by atoms with E-state index in [1.807, 2.05) is 0 Å². The number of amides is 1. The molecule has 11 heteroatoms. The molecule has 4 rings (SSSR count). The fourth-order valence-corrected chi connectivity index (χ4v) is 5.61. The van der Waals surface area contributed by atoms with Crippen molar-refractivity contribution in [3.8, 4) is 10.7 Å². The summed E-state index contributed by atoms with van der Waals surface area (Å²) in [5.74, 6) is -0.732. The van der Waals surface area contributed by atoms with Crippen LogP contribution in [0.5, 0.6) is 0 Å². The molecular formula is C18H17FN4O4S2. The smallest absolute Gasteiger partial charge is 0.316 e. The van der Waals surface area contributed by atoms with Gasteiger partial charge in [-0.1, -0.05) is 5.16 Å². The Hall–Kier alpha value is -2.79. The molecule has 29 heavy (non-hydrogen) atoms. The summed E-state index contributed by atoms with van der Waals surface area (Å²) in [6.07, 6.45) is 1.89. The predicted molar refractivity (Wildman–Crippen MR) is 105 cm³/mol. The van der Waals surface area contributed by atoms with Crippen molar-refractivity contribution in [2.45, 2.75) is 24.7 Å². The maximum atomic E-state index is 13.0. The number of nitrogens with one attached hydrogen (secondary N) is 1. The Labute approximate surface area is 170 Å². The lowest BCUT2D eigenvalue weighted by Gasteiger charge is -2.10. The average molecular weight is 436 g/mol. The minimum atomic E-state index is -3.89. The number of hydrogen-bond donors (Lipinski definition) is 1. The molecular weight excluding hydrogens is 419 g/mol. The van der Waals surface area contributed by atoms with E-state index in [2.05, 4.69) is 14.9 Å². The van der Waals surface area contributed by atoms with Crippen molar-refractivity contribution in [1.29, 1.82) is 0 Å². The lowest BCUT2D eigenvalue weighted by atomic mass is 10.3. The SMILES string of the molecule is Cc1sc(-c2noc(C(=O)N3CCCC3)n2)cc1S(=O)(=O)Nc1ccc(F)cc1. The molecule has 0 spiro atoms. The van der Waals surface area contributed by atoms with Gasteiger partial charge >= 0.3 is 11.8 Å². The number of nitrogens with zero attached hydrogens (tertiary/aromatic N) is 3. The normalized spacial score (nSPS) is 14.3. The van der Waals surface area contributed by atoms with Gasteiger partial charge < -0.3 is 9.42 Å². The highest BCUT2D eigenvalue weighted by Gasteiger charge is 2.27. The summed E-state index contributed by atoms with van der Waals surface area (Å²) in [5.41, 5.74) is 0.247. The van der Waals surface area contributed by atoms with Crippen LogP contribution in [0, 0.1) is 12.7 Å². The third kappa shape index (κ3) is 4.01. The summed E-state index contributed by atoms with van der Waals surface area (Å²) in [7, 11) is -3.89. The molecule has 0 unspecified atom stereocenters. The highest BCUT2D eigenvalue weighted by atomic mass is 32.2. The minimum Gasteiger partial charge on any atom is -0.334 e. The minimum absolute atomic E-state index is 0.0547. The molecule has 1 aromatic carbocycles. The molecule has 152 valence electrons. The third-order valence-corrected chi connectivity index (χ3v) is 7.16. The van der Waals surface area contributed by atoms with Gasteiger partial charge in [-0.3, -0.25) is 9.52 Å². The number of aromatic nitrogens is 2. The highest BCUT2D eigenvalue weighted by Crippen LogP contribution is 2.33. The Kier molecular flexibility index (Phi) is 5.09. The Bertz CT molecular complexity index is 1150. The molecule has 1 saturated heterocycles. The summed E-state index contributed by atoms with van der Waals surface area (Å²) in [6.45, 7) is 2.97. The standard InChI is InChI=1S/C18H17FN4O4S2/c1-11-15(29(25,26)22-13-6-4-12(19)5-7-13)10-14(28-11)16-20-17(27-21-16)18(24)23-8-2-3-9-23/h4-7,10,22H,2-3,8-9H2,1H3. The van der Waals surface area contributed by atoms with Gasteiger partial charge in [-0.25, -0.2) is 12.8 Å². The van der Waals surface area contributed by atoms with Crippen LogP contribution in [0.3, 0.4) is 0 Å². The molecule has 2 aromatic heterocycles. The van der Waals surface area contributed by atoms with Gasteiger partial charge in [-0.05, 0) is 50.1 Å². The summed E-state index contributed by atoms with van der Waals surface area (Å²) in [4.78, 5) is 19.2. The van der Waals surface area contributed by atoms with E-state index in [4.69, 9.17) is 4.52 Å². The predicted octanol–water partition coefficient (Wildman–Crippen LogP) is 3.28. The molecule has 3 aromatic rings. The van der Waals surface area contributed by atoms with Crippen LogP contribution in [0.2, 0.25) is 0 Å². The Morgan fingerprint density at radius 3 is 2.62 bits per heavy atom. The van der Waals surface area contributed by atoms with Crippen molar-refractivity contribution in [3.05, 3.63) is 46.9 Å². The quantitative estimate of drug-likeness (QED) is 0.658. The van der Waals surface area contributed by atoms with Gasteiger partial charge in [-0.15, -0.1) is 11.3 Å². The lowest BCUT2D eigenvalue weighted by molar-refractivity contribution is 0.0743. The first-order valence-electron chi connectivity index (χ1n) is 8.86. The zero-order valence-electron chi connectivity index (χ0n) is 15.4. The van der Waals surface area contributed by atoms with E-state index in [1.54, 1.807) is 11.8 Å². The zero-order chi connectivity index (χ0) is 20.6. The van der Waals surface area contributed by atoms with Crippen LogP contribution in [-0.2, 0) is 10.0 Å². The van der Waals surface area contributed by atoms with Crippen LogP contribution in [0.4, 0.5) is 10.1 Å². The number of carbonyl (C=O) groups excluding carboxylic acids is 1. The van der Waals surface area contributed by atoms with Gasteiger partial charge in [0, 0.05) is 23.7 Å². The molecule has 0 bridgehead atoms. The number of thiophene rings is 1. The summed E-state index contributed by atoms with van der Waals surface area (Å²) >= 11 is 1.18. The number of likely N-dealkylation sites (tertiary alicyclic amines) is 1. The first-order chi connectivity index (χ1) is 13.8. The second kappa shape index (κ2) is 7.56. The van der Waals surface area contributed by atoms with Crippen LogP contribution in [-0.4, -0.2) is 42.5 Å². The summed E-state index contributed by atoms with van der Waals surface area (Å²) < 4.78 is 46.0. The molecule has 1 N–H and O–H groups in total. The molecule has 1 amide bonds. The molecule has 3 heterocycles. The van der Waals surface area contributed by atoms with E-state index in [-0.39, 0.29) is 28.2 Å². The average Bonchev–Trinajstić information content (AvgIpc) is 3.43. The maximum absolute atomic E-state index is 13.0. The first-order valence-corrected chi connectivity index (χ1v) is 11.2. The fraction of sp³-hybridized carbons (Fsp3) is 0.278. The van der Waals surface area contributed by atoms with Gasteiger partial charge in [0.05, 0.1) is 4.88 Å². The lowest BCUT2D eigenvalue weighted by Crippen LogP contribution is -2.27. The molecule has 0 radical (unpaired) electrons. The number of halogens is 1. The molecule has 1 aliphatic rings. The number of benzene rings is 1. The van der Waals surface area contributed by atoms with Gasteiger partial charge in [0.2, 0.25) is 5.82 Å². The van der Waals surface area contributed by atoms with Gasteiger partial charge in [0.25, 0.3) is 10.0 Å². The number of sulfonamides is 1. The Morgan fingerprint density at radius 1 is 1.24 bits per heavy atom. The number of carbonyl (C=O) groups is 1. The maximum Gasteiger partial charge on any atom is 0.316 e. The monoisotopic (exact) mass is 436 g/mol. The third-order valence-electron chi connectivity index (χ3n) is 4.48. The summed E-state index contributed by atoms with van der Waals surface area (Å²) in [6, 6.07) is 6.45. The van der Waals surface area contributed by atoms with E-state index >= 15 is 0 Å². The number of hydrogen-bond acceptors (Lipinski definition) is 7. The van der Waals surface area contributed by atoms with E-state index in [0.717, 1.165) is 12.8 Å². The first kappa shape index (κ1) is 19.5. The summed E-state index contributed by atoms with van der Waals surface area (Å²) in [5, 5.41) is 3.83. The van der Waals surface area contributed by atoms with Gasteiger partial charge in [0.1, 0.15) is 10.7 Å². The van der Waals surface area contributed by atoms with Crippen LogP contribution >= 0.6 is 11.3 Å². The number of anilines is 1. The molecule has 0 saturated carbocycles. The van der Waals surface area contributed by atoms with Crippen molar-refractivity contribution in [2.24, 2.45) is 0 Å². The second-order valence-electron chi connectivity index (χ2n) is 6.57.